The molecule has 0 saturated carbocycles. The van der Waals surface area contributed by atoms with E-state index in [1.54, 1.807) is 39.0 Å². The van der Waals surface area contributed by atoms with Crippen LogP contribution in [0.15, 0.2) is 67.3 Å². The number of ether oxygens (including phenoxy) is 1. The van der Waals surface area contributed by atoms with E-state index in [0.29, 0.717) is 0 Å². The highest BCUT2D eigenvalue weighted by molar-refractivity contribution is 5.91. The summed E-state index contributed by atoms with van der Waals surface area (Å²) in [5, 5.41) is 15.7. The van der Waals surface area contributed by atoms with Gasteiger partial charge in [0.25, 0.3) is 0 Å². The second kappa shape index (κ2) is 11.7. The Bertz CT molecular complexity index is 970. The molecule has 2 rings (SSSR count). The van der Waals surface area contributed by atoms with E-state index in [1.807, 2.05) is 30.3 Å². The molecular weight excluding hydrogens is 422 g/mol. The lowest BCUT2D eigenvalue weighted by Crippen LogP contribution is -2.47. The molecule has 1 unspecified atom stereocenters. The Balaban J connectivity index is 2.26. The summed E-state index contributed by atoms with van der Waals surface area (Å²) in [6, 6.07) is 14.5. The van der Waals surface area contributed by atoms with Gasteiger partial charge in [0.1, 0.15) is 23.9 Å². The zero-order valence-corrected chi connectivity index (χ0v) is 19.2. The summed E-state index contributed by atoms with van der Waals surface area (Å²) in [6.45, 7) is 8.69. The van der Waals surface area contributed by atoms with Gasteiger partial charge < -0.3 is 25.4 Å². The van der Waals surface area contributed by atoms with Crippen molar-refractivity contribution in [2.45, 2.75) is 39.0 Å². The van der Waals surface area contributed by atoms with Crippen molar-refractivity contribution in [2.24, 2.45) is 0 Å². The fourth-order valence-electron chi connectivity index (χ4n) is 3.10. The Hall–Kier alpha value is -3.81. The van der Waals surface area contributed by atoms with Gasteiger partial charge in [0.2, 0.25) is 11.8 Å². The van der Waals surface area contributed by atoms with Crippen LogP contribution >= 0.6 is 0 Å². The molecule has 0 heterocycles. The third kappa shape index (κ3) is 7.99. The highest BCUT2D eigenvalue weighted by Crippen LogP contribution is 2.29. The monoisotopic (exact) mass is 453 g/mol. The molecule has 0 aromatic heterocycles. The molecule has 1 atom stereocenters. The fourth-order valence-corrected chi connectivity index (χ4v) is 3.10. The SMILES string of the molecule is C=CCN(C(=O)CNC(=O)OC(C)(C)C)C(C(=O)NCc1ccccc1)c1ccccc1O. The number of phenols is 1. The van der Waals surface area contributed by atoms with Crippen LogP contribution in [0.2, 0.25) is 0 Å². The molecule has 0 spiro atoms. The maximum atomic E-state index is 13.3. The number of para-hydroxylation sites is 1. The maximum absolute atomic E-state index is 13.3. The molecule has 0 aliphatic rings. The lowest BCUT2D eigenvalue weighted by atomic mass is 10.0. The number of amides is 3. The van der Waals surface area contributed by atoms with Gasteiger partial charge in [0.15, 0.2) is 0 Å². The van der Waals surface area contributed by atoms with Crippen LogP contribution in [0, 0.1) is 0 Å². The molecule has 3 amide bonds. The second-order valence-corrected chi connectivity index (χ2v) is 8.35. The molecule has 0 fully saturated rings. The fraction of sp³-hybridized carbons (Fsp3) is 0.320. The quantitative estimate of drug-likeness (QED) is 0.505. The first-order valence-electron chi connectivity index (χ1n) is 10.6. The number of hydrogen-bond donors (Lipinski definition) is 3. The van der Waals surface area contributed by atoms with Crippen LogP contribution in [0.25, 0.3) is 0 Å². The van der Waals surface area contributed by atoms with E-state index in [1.165, 1.54) is 17.0 Å². The average molecular weight is 454 g/mol. The van der Waals surface area contributed by atoms with Crippen molar-refractivity contribution in [1.82, 2.24) is 15.5 Å². The van der Waals surface area contributed by atoms with Gasteiger partial charge in [-0.3, -0.25) is 9.59 Å². The molecule has 8 heteroatoms. The highest BCUT2D eigenvalue weighted by Gasteiger charge is 2.32. The van der Waals surface area contributed by atoms with Crippen LogP contribution in [0.5, 0.6) is 5.75 Å². The van der Waals surface area contributed by atoms with Gasteiger partial charge in [0.05, 0.1) is 0 Å². The summed E-state index contributed by atoms with van der Waals surface area (Å²) >= 11 is 0. The number of nitrogens with one attached hydrogen (secondary N) is 2. The van der Waals surface area contributed by atoms with Gasteiger partial charge >= 0.3 is 6.09 Å². The third-order valence-electron chi connectivity index (χ3n) is 4.53. The van der Waals surface area contributed by atoms with E-state index in [2.05, 4.69) is 17.2 Å². The van der Waals surface area contributed by atoms with E-state index in [0.717, 1.165) is 5.56 Å². The van der Waals surface area contributed by atoms with Gasteiger partial charge in [-0.25, -0.2) is 4.79 Å². The smallest absolute Gasteiger partial charge is 0.408 e. The highest BCUT2D eigenvalue weighted by atomic mass is 16.6. The Morgan fingerprint density at radius 2 is 1.70 bits per heavy atom. The summed E-state index contributed by atoms with van der Waals surface area (Å²) in [5.41, 5.74) is 0.425. The molecule has 0 saturated heterocycles. The van der Waals surface area contributed by atoms with Gasteiger partial charge in [-0.15, -0.1) is 6.58 Å². The summed E-state index contributed by atoms with van der Waals surface area (Å²) in [7, 11) is 0. The van der Waals surface area contributed by atoms with Gasteiger partial charge in [-0.2, -0.15) is 0 Å². The molecule has 3 N–H and O–H groups in total. The molecule has 0 bridgehead atoms. The number of hydrogen-bond acceptors (Lipinski definition) is 5. The Kier molecular flexibility index (Phi) is 9.03. The van der Waals surface area contributed by atoms with E-state index >= 15 is 0 Å². The van der Waals surface area contributed by atoms with Crippen molar-refractivity contribution in [3.05, 3.63) is 78.4 Å². The van der Waals surface area contributed by atoms with Crippen molar-refractivity contribution in [1.29, 1.82) is 0 Å². The summed E-state index contributed by atoms with van der Waals surface area (Å²) < 4.78 is 5.17. The van der Waals surface area contributed by atoms with Gasteiger partial charge in [0, 0.05) is 18.7 Å². The van der Waals surface area contributed by atoms with Crippen molar-refractivity contribution < 1.29 is 24.2 Å². The van der Waals surface area contributed by atoms with Crippen LogP contribution in [-0.2, 0) is 20.9 Å². The zero-order chi connectivity index (χ0) is 24.4. The second-order valence-electron chi connectivity index (χ2n) is 8.35. The molecule has 0 radical (unpaired) electrons. The minimum Gasteiger partial charge on any atom is -0.508 e. The predicted molar refractivity (Wildman–Crippen MR) is 125 cm³/mol. The topological polar surface area (TPSA) is 108 Å². The first-order chi connectivity index (χ1) is 15.6. The van der Waals surface area contributed by atoms with Crippen LogP contribution in [0.4, 0.5) is 4.79 Å². The Morgan fingerprint density at radius 3 is 2.30 bits per heavy atom. The Morgan fingerprint density at radius 1 is 1.06 bits per heavy atom. The standard InChI is InChI=1S/C25H31N3O5/c1-5-15-28(21(30)17-27-24(32)33-25(2,3)4)22(19-13-9-10-14-20(19)29)23(31)26-16-18-11-7-6-8-12-18/h5-14,22,29H,1,15-17H2,2-4H3,(H,26,31)(H,27,32). The molecule has 0 aliphatic carbocycles. The average Bonchev–Trinajstić information content (AvgIpc) is 2.76. The maximum Gasteiger partial charge on any atom is 0.408 e. The van der Waals surface area contributed by atoms with Crippen molar-refractivity contribution in [3.8, 4) is 5.75 Å². The molecule has 0 aliphatic heterocycles. The van der Waals surface area contributed by atoms with Crippen LogP contribution < -0.4 is 10.6 Å². The summed E-state index contributed by atoms with van der Waals surface area (Å²) in [4.78, 5) is 39.5. The first-order valence-corrected chi connectivity index (χ1v) is 10.6. The Labute approximate surface area is 194 Å². The number of alkyl carbamates (subject to hydrolysis) is 1. The van der Waals surface area contributed by atoms with Crippen LogP contribution in [-0.4, -0.2) is 46.6 Å². The number of nitrogens with zero attached hydrogens (tertiary/aromatic N) is 1. The molecule has 8 nitrogen and oxygen atoms in total. The molecular formula is C25H31N3O5. The minimum atomic E-state index is -1.14. The molecule has 2 aromatic rings. The largest absolute Gasteiger partial charge is 0.508 e. The number of benzene rings is 2. The molecule has 2 aromatic carbocycles. The third-order valence-corrected chi connectivity index (χ3v) is 4.53. The number of rotatable bonds is 9. The first kappa shape index (κ1) is 25.5. The van der Waals surface area contributed by atoms with Gasteiger partial charge in [-0.1, -0.05) is 54.6 Å². The van der Waals surface area contributed by atoms with E-state index in [4.69, 9.17) is 4.74 Å². The lowest BCUT2D eigenvalue weighted by Gasteiger charge is -2.31. The van der Waals surface area contributed by atoms with Crippen molar-refractivity contribution in [2.75, 3.05) is 13.1 Å². The number of carbonyl (C=O) groups excluding carboxylic acids is 3. The lowest BCUT2D eigenvalue weighted by molar-refractivity contribution is -0.139. The number of phenolic OH excluding ortho intramolecular Hbond substituents is 1. The molecule has 33 heavy (non-hydrogen) atoms. The van der Waals surface area contributed by atoms with Crippen molar-refractivity contribution in [3.63, 3.8) is 0 Å². The minimum absolute atomic E-state index is 0.0204. The van der Waals surface area contributed by atoms with E-state index in [9.17, 15) is 19.5 Å². The van der Waals surface area contributed by atoms with Crippen LogP contribution in [0.1, 0.15) is 37.9 Å². The number of carbonyl (C=O) groups is 3. The van der Waals surface area contributed by atoms with E-state index < -0.39 is 36.1 Å². The normalized spacial score (nSPS) is 11.7. The van der Waals surface area contributed by atoms with Crippen LogP contribution in [0.3, 0.4) is 0 Å². The predicted octanol–water partition coefficient (Wildman–Crippen LogP) is 3.29. The summed E-state index contributed by atoms with van der Waals surface area (Å²) in [6.07, 6.45) is 0.727. The zero-order valence-electron chi connectivity index (χ0n) is 19.2. The number of aromatic hydroxyl groups is 1. The molecule has 176 valence electrons. The summed E-state index contributed by atoms with van der Waals surface area (Å²) in [5.74, 6) is -1.14. The van der Waals surface area contributed by atoms with E-state index in [-0.39, 0.29) is 24.4 Å². The van der Waals surface area contributed by atoms with Crippen molar-refractivity contribution >= 4 is 17.9 Å². The van der Waals surface area contributed by atoms with Gasteiger partial charge in [-0.05, 0) is 32.4 Å².